The second-order valence-electron chi connectivity index (χ2n) is 8.45. The number of hydrogen-bond acceptors (Lipinski definition) is 4. The Morgan fingerprint density at radius 1 is 1.13 bits per heavy atom. The summed E-state index contributed by atoms with van der Waals surface area (Å²) in [7, 11) is 2.09. The molecule has 0 N–H and O–H groups in total. The van der Waals surface area contributed by atoms with Gasteiger partial charge in [0.2, 0.25) is 0 Å². The van der Waals surface area contributed by atoms with Crippen LogP contribution in [-0.4, -0.2) is 54.4 Å². The van der Waals surface area contributed by atoms with E-state index in [1.807, 2.05) is 21.8 Å². The van der Waals surface area contributed by atoms with Gasteiger partial charge in [0.25, 0.3) is 5.91 Å². The quantitative estimate of drug-likeness (QED) is 0.656. The first-order valence-electron chi connectivity index (χ1n) is 10.8. The maximum absolute atomic E-state index is 13.0. The Labute approximate surface area is 176 Å². The van der Waals surface area contributed by atoms with Crippen molar-refractivity contribution in [2.24, 2.45) is 7.05 Å². The van der Waals surface area contributed by atoms with E-state index in [-0.39, 0.29) is 5.91 Å². The Morgan fingerprint density at radius 3 is 2.83 bits per heavy atom. The van der Waals surface area contributed by atoms with Gasteiger partial charge in [0, 0.05) is 44.6 Å². The van der Waals surface area contributed by atoms with Gasteiger partial charge in [0.05, 0.1) is 12.7 Å². The zero-order chi connectivity index (χ0) is 20.5. The van der Waals surface area contributed by atoms with Gasteiger partial charge in [-0.3, -0.25) is 14.4 Å². The number of carbonyl (C=O) groups excluding carboxylic acids is 1. The van der Waals surface area contributed by atoms with E-state index < -0.39 is 0 Å². The standard InChI is InChI=1S/C23H28N6O/c1-26-11-4-8-20(26)15-27-12-5-9-21(27)16-29-17-22(24-25-29)23(30)28-13-10-18-6-2-3-7-19(18)14-28/h2-4,6-8,11,17,21H,5,9-10,12-16H2,1H3. The molecule has 1 fully saturated rings. The van der Waals surface area contributed by atoms with Crippen molar-refractivity contribution in [3.63, 3.8) is 0 Å². The van der Waals surface area contributed by atoms with Crippen molar-refractivity contribution in [3.05, 3.63) is 71.3 Å². The van der Waals surface area contributed by atoms with Crippen molar-refractivity contribution < 1.29 is 4.79 Å². The number of rotatable bonds is 5. The van der Waals surface area contributed by atoms with E-state index in [0.29, 0.717) is 18.3 Å². The molecule has 2 aromatic heterocycles. The Balaban J connectivity index is 1.23. The highest BCUT2D eigenvalue weighted by molar-refractivity contribution is 5.92. The highest BCUT2D eigenvalue weighted by Crippen LogP contribution is 2.22. The molecule has 0 radical (unpaired) electrons. The van der Waals surface area contributed by atoms with Gasteiger partial charge in [-0.05, 0) is 49.1 Å². The molecule has 1 atom stereocenters. The number of amides is 1. The molecular formula is C23H28N6O. The maximum Gasteiger partial charge on any atom is 0.276 e. The van der Waals surface area contributed by atoms with Crippen molar-refractivity contribution in [1.82, 2.24) is 29.4 Å². The molecule has 7 nitrogen and oxygen atoms in total. The summed E-state index contributed by atoms with van der Waals surface area (Å²) in [6.07, 6.45) is 7.15. The minimum atomic E-state index is -0.0251. The average molecular weight is 405 g/mol. The van der Waals surface area contributed by atoms with Gasteiger partial charge in [0.15, 0.2) is 5.69 Å². The first-order valence-corrected chi connectivity index (χ1v) is 10.8. The van der Waals surface area contributed by atoms with Gasteiger partial charge in [-0.2, -0.15) is 0 Å². The molecule has 4 heterocycles. The summed E-state index contributed by atoms with van der Waals surface area (Å²) >= 11 is 0. The third kappa shape index (κ3) is 3.77. The minimum absolute atomic E-state index is 0.0251. The Morgan fingerprint density at radius 2 is 2.00 bits per heavy atom. The molecule has 0 spiro atoms. The number of aromatic nitrogens is 4. The van der Waals surface area contributed by atoms with Gasteiger partial charge in [-0.1, -0.05) is 29.5 Å². The molecule has 2 aliphatic heterocycles. The van der Waals surface area contributed by atoms with Crippen LogP contribution in [0.1, 0.15) is 40.2 Å². The largest absolute Gasteiger partial charge is 0.353 e. The van der Waals surface area contributed by atoms with Crippen LogP contribution in [0.3, 0.4) is 0 Å². The van der Waals surface area contributed by atoms with Crippen molar-refractivity contribution in [3.8, 4) is 0 Å². The lowest BCUT2D eigenvalue weighted by Gasteiger charge is -2.28. The van der Waals surface area contributed by atoms with E-state index in [0.717, 1.165) is 39.0 Å². The number of hydrogen-bond donors (Lipinski definition) is 0. The molecule has 1 saturated heterocycles. The van der Waals surface area contributed by atoms with Crippen LogP contribution in [0, 0.1) is 0 Å². The van der Waals surface area contributed by atoms with Gasteiger partial charge in [-0.25, -0.2) is 0 Å². The van der Waals surface area contributed by atoms with E-state index in [9.17, 15) is 4.79 Å². The molecule has 5 rings (SSSR count). The SMILES string of the molecule is Cn1cccc1CN1CCCC1Cn1cc(C(=O)N2CCc3ccccc3C2)nn1. The third-order valence-electron chi connectivity index (χ3n) is 6.49. The van der Waals surface area contributed by atoms with Crippen LogP contribution in [0.25, 0.3) is 0 Å². The van der Waals surface area contributed by atoms with Gasteiger partial charge in [0.1, 0.15) is 0 Å². The Hall–Kier alpha value is -2.93. The predicted octanol–water partition coefficient (Wildman–Crippen LogP) is 2.48. The fourth-order valence-electron chi connectivity index (χ4n) is 4.71. The molecule has 7 heteroatoms. The van der Waals surface area contributed by atoms with Crippen LogP contribution < -0.4 is 0 Å². The molecule has 1 aromatic carbocycles. The second-order valence-corrected chi connectivity index (χ2v) is 8.45. The van der Waals surface area contributed by atoms with Crippen LogP contribution in [0.5, 0.6) is 0 Å². The molecule has 2 aliphatic rings. The number of aryl methyl sites for hydroxylation is 1. The van der Waals surface area contributed by atoms with E-state index in [2.05, 4.69) is 63.4 Å². The predicted molar refractivity (Wildman–Crippen MR) is 114 cm³/mol. The first-order chi connectivity index (χ1) is 14.7. The normalized spacial score (nSPS) is 19.2. The summed E-state index contributed by atoms with van der Waals surface area (Å²) in [5.41, 5.74) is 4.33. The van der Waals surface area contributed by atoms with E-state index in [1.165, 1.54) is 23.2 Å². The summed E-state index contributed by atoms with van der Waals surface area (Å²) in [5, 5.41) is 8.48. The zero-order valence-corrected chi connectivity index (χ0v) is 17.4. The number of nitrogens with zero attached hydrogens (tertiary/aromatic N) is 6. The van der Waals surface area contributed by atoms with Crippen molar-refractivity contribution in [2.75, 3.05) is 13.1 Å². The van der Waals surface area contributed by atoms with Gasteiger partial charge in [-0.15, -0.1) is 5.10 Å². The molecule has 1 unspecified atom stereocenters. The fraction of sp³-hybridized carbons (Fsp3) is 0.435. The summed E-state index contributed by atoms with van der Waals surface area (Å²) in [6.45, 7) is 4.20. The van der Waals surface area contributed by atoms with Crippen LogP contribution in [-0.2, 0) is 33.1 Å². The van der Waals surface area contributed by atoms with E-state index >= 15 is 0 Å². The Bertz CT molecular complexity index is 1040. The number of benzene rings is 1. The van der Waals surface area contributed by atoms with Crippen LogP contribution in [0.4, 0.5) is 0 Å². The molecule has 0 aliphatic carbocycles. The maximum atomic E-state index is 13.0. The Kier molecular flexibility index (Phi) is 5.12. The lowest BCUT2D eigenvalue weighted by Crippen LogP contribution is -2.36. The van der Waals surface area contributed by atoms with Crippen LogP contribution >= 0.6 is 0 Å². The zero-order valence-electron chi connectivity index (χ0n) is 17.4. The van der Waals surface area contributed by atoms with E-state index in [4.69, 9.17) is 0 Å². The second kappa shape index (κ2) is 8.07. The monoisotopic (exact) mass is 404 g/mol. The van der Waals surface area contributed by atoms with Crippen LogP contribution in [0.2, 0.25) is 0 Å². The summed E-state index contributed by atoms with van der Waals surface area (Å²) in [5.74, 6) is -0.0251. The molecule has 3 aromatic rings. The number of fused-ring (bicyclic) bond motifs is 1. The lowest BCUT2D eigenvalue weighted by molar-refractivity contribution is 0.0728. The van der Waals surface area contributed by atoms with Gasteiger partial charge < -0.3 is 9.47 Å². The molecule has 0 bridgehead atoms. The number of carbonyl (C=O) groups is 1. The van der Waals surface area contributed by atoms with Crippen molar-refractivity contribution in [2.45, 2.75) is 44.9 Å². The van der Waals surface area contributed by atoms with Crippen LogP contribution in [0.15, 0.2) is 48.8 Å². The highest BCUT2D eigenvalue weighted by atomic mass is 16.2. The van der Waals surface area contributed by atoms with Gasteiger partial charge >= 0.3 is 0 Å². The smallest absolute Gasteiger partial charge is 0.276 e. The van der Waals surface area contributed by atoms with Crippen molar-refractivity contribution in [1.29, 1.82) is 0 Å². The topological polar surface area (TPSA) is 59.2 Å². The minimum Gasteiger partial charge on any atom is -0.353 e. The first kappa shape index (κ1) is 19.1. The fourth-order valence-corrected chi connectivity index (χ4v) is 4.71. The number of likely N-dealkylation sites (tertiary alicyclic amines) is 1. The molecule has 30 heavy (non-hydrogen) atoms. The molecular weight excluding hydrogens is 376 g/mol. The molecule has 156 valence electrons. The lowest BCUT2D eigenvalue weighted by atomic mass is 10.00. The summed E-state index contributed by atoms with van der Waals surface area (Å²) < 4.78 is 4.03. The third-order valence-corrected chi connectivity index (χ3v) is 6.49. The highest BCUT2D eigenvalue weighted by Gasteiger charge is 2.27. The molecule has 0 saturated carbocycles. The summed E-state index contributed by atoms with van der Waals surface area (Å²) in [4.78, 5) is 17.4. The summed E-state index contributed by atoms with van der Waals surface area (Å²) in [6, 6.07) is 13.0. The average Bonchev–Trinajstić information content (AvgIpc) is 3.51. The van der Waals surface area contributed by atoms with E-state index in [1.54, 1.807) is 0 Å². The van der Waals surface area contributed by atoms with Crippen molar-refractivity contribution >= 4 is 5.91 Å². The molecule has 1 amide bonds.